The average molecular weight is 858 g/mol. The number of nitrogens with zero attached hydrogens (tertiary/aromatic N) is 3. The van der Waals surface area contributed by atoms with E-state index in [1.54, 1.807) is 0 Å². The first-order chi connectivity index (χ1) is 32.5. The van der Waals surface area contributed by atoms with Gasteiger partial charge in [-0.2, -0.15) is 0 Å². The molecule has 0 spiro atoms. The van der Waals surface area contributed by atoms with Gasteiger partial charge in [-0.15, -0.1) is 0 Å². The highest BCUT2D eigenvalue weighted by molar-refractivity contribution is 6.36. The zero-order chi connectivity index (χ0) is 44.8. The van der Waals surface area contributed by atoms with Crippen LogP contribution in [0.1, 0.15) is 52.7 Å². The van der Waals surface area contributed by atoms with Gasteiger partial charge in [0, 0.05) is 65.1 Å². The molecule has 15 aromatic rings. The van der Waals surface area contributed by atoms with E-state index in [1.165, 1.54) is 147 Å². The topological polar surface area (TPSA) is 13.8 Å². The molecule has 0 unspecified atom stereocenters. The molecule has 5 heterocycles. The summed E-state index contributed by atoms with van der Waals surface area (Å²) in [5, 5.41) is 18.1. The molecule has 15 rings (SSSR count). The fourth-order valence-electron chi connectivity index (χ4n) is 12.3. The molecule has 0 fully saturated rings. The van der Waals surface area contributed by atoms with Crippen LogP contribution in [0.5, 0.6) is 0 Å². The Kier molecular flexibility index (Phi) is 6.97. The molecule has 0 atom stereocenters. The van der Waals surface area contributed by atoms with Crippen molar-refractivity contribution in [3.05, 3.63) is 187 Å². The largest absolute Gasteiger partial charge is 0.309 e. The second kappa shape index (κ2) is 12.5. The average Bonchev–Trinajstić information content (AvgIpc) is 4.12. The third-order valence-electron chi connectivity index (χ3n) is 15.5. The predicted molar refractivity (Wildman–Crippen MR) is 288 cm³/mol. The molecule has 0 aliphatic carbocycles. The van der Waals surface area contributed by atoms with Crippen LogP contribution in [-0.2, 0) is 10.8 Å². The van der Waals surface area contributed by atoms with Crippen molar-refractivity contribution in [1.29, 1.82) is 0 Å². The maximum atomic E-state index is 2.66. The lowest BCUT2D eigenvalue weighted by Gasteiger charge is -2.20. The van der Waals surface area contributed by atoms with Crippen LogP contribution in [-0.4, -0.2) is 13.4 Å². The van der Waals surface area contributed by atoms with Crippen molar-refractivity contribution in [3.8, 4) is 16.8 Å². The minimum Gasteiger partial charge on any atom is -0.309 e. The van der Waals surface area contributed by atoms with Gasteiger partial charge in [-0.25, -0.2) is 0 Å². The van der Waals surface area contributed by atoms with E-state index in [9.17, 15) is 0 Å². The standard InChI is InChI=1S/C64H47N3/c1-63(2,3)39-25-27-55-46(31-39)50-32-40(64(4,5)6)33-51-47-34-57-52(35-56(47)66(55)60(50)51)59-43-21-13-11-17-37(43)29-49-48-28-36-16-10-12-20-42(36)58(61(48)67(57)62(49)59)38-24-26-54-45(30-38)44-22-14-15-23-53(44)65(54)41-18-8-7-9-19-41/h7-35H,1-6H3. The van der Waals surface area contributed by atoms with Crippen molar-refractivity contribution in [1.82, 2.24) is 13.4 Å². The summed E-state index contributed by atoms with van der Waals surface area (Å²) in [7, 11) is 0. The van der Waals surface area contributed by atoms with Gasteiger partial charge in [0.25, 0.3) is 0 Å². The summed E-state index contributed by atoms with van der Waals surface area (Å²) in [6.45, 7) is 14.0. The molecule has 318 valence electrons. The minimum atomic E-state index is -0.0252. The molecule has 0 saturated carbocycles. The van der Waals surface area contributed by atoms with Gasteiger partial charge < -0.3 is 13.4 Å². The monoisotopic (exact) mass is 857 g/mol. The fraction of sp³-hybridized carbons (Fsp3) is 0.125. The predicted octanol–water partition coefficient (Wildman–Crippen LogP) is 17.7. The molecule has 67 heavy (non-hydrogen) atoms. The molecule has 10 aromatic carbocycles. The first-order valence-corrected chi connectivity index (χ1v) is 23.8. The number of fused-ring (bicyclic) bond motifs is 18. The molecule has 3 heteroatoms. The Labute approximate surface area is 387 Å². The van der Waals surface area contributed by atoms with Crippen molar-refractivity contribution in [2.24, 2.45) is 0 Å². The van der Waals surface area contributed by atoms with E-state index >= 15 is 0 Å². The van der Waals surface area contributed by atoms with Crippen LogP contribution in [0.2, 0.25) is 0 Å². The fourth-order valence-corrected chi connectivity index (χ4v) is 12.3. The number of hydrogen-bond donors (Lipinski definition) is 0. The van der Waals surface area contributed by atoms with Gasteiger partial charge in [0.1, 0.15) is 0 Å². The highest BCUT2D eigenvalue weighted by Crippen LogP contribution is 2.51. The smallest absolute Gasteiger partial charge is 0.0627 e. The van der Waals surface area contributed by atoms with Crippen molar-refractivity contribution in [3.63, 3.8) is 0 Å². The Hall–Kier alpha value is -7.88. The first-order valence-electron chi connectivity index (χ1n) is 23.8. The van der Waals surface area contributed by atoms with E-state index in [2.05, 4.69) is 231 Å². The third kappa shape index (κ3) is 4.81. The van der Waals surface area contributed by atoms with Crippen molar-refractivity contribution >= 4 is 120 Å². The van der Waals surface area contributed by atoms with E-state index in [0.717, 1.165) is 0 Å². The number of benzene rings is 10. The molecule has 0 radical (unpaired) electrons. The highest BCUT2D eigenvalue weighted by atomic mass is 15.0. The van der Waals surface area contributed by atoms with Gasteiger partial charge >= 0.3 is 0 Å². The van der Waals surface area contributed by atoms with E-state index in [1.807, 2.05) is 0 Å². The SMILES string of the molecule is CC(C)(C)c1ccc2c(c1)c1cc(C(C)(C)C)cc3c4cc5c(cc4n2c13)c1c2ccccc2cc2c3cc4ccccc4c(-c4ccc6c(c4)c4ccccc4n6-c4ccccc4)c3n5c21. The molecular formula is C64H47N3. The summed E-state index contributed by atoms with van der Waals surface area (Å²) < 4.78 is 7.66. The molecule has 0 saturated heterocycles. The maximum Gasteiger partial charge on any atom is 0.0627 e. The lowest BCUT2D eigenvalue weighted by molar-refractivity contribution is 0.590. The molecular weight excluding hydrogens is 811 g/mol. The number of aromatic nitrogens is 3. The summed E-state index contributed by atoms with van der Waals surface area (Å²) in [5.41, 5.74) is 16.5. The Balaban J connectivity index is 1.14. The van der Waals surface area contributed by atoms with Crippen molar-refractivity contribution < 1.29 is 0 Å². The minimum absolute atomic E-state index is 0.0252. The maximum absolute atomic E-state index is 2.66. The van der Waals surface area contributed by atoms with E-state index in [0.29, 0.717) is 0 Å². The summed E-state index contributed by atoms with van der Waals surface area (Å²) in [6, 6.07) is 67.2. The van der Waals surface area contributed by atoms with Crippen molar-refractivity contribution in [2.75, 3.05) is 0 Å². The van der Waals surface area contributed by atoms with Gasteiger partial charge in [0.05, 0.1) is 44.1 Å². The highest BCUT2D eigenvalue weighted by Gasteiger charge is 2.28. The van der Waals surface area contributed by atoms with E-state index in [4.69, 9.17) is 0 Å². The van der Waals surface area contributed by atoms with Crippen LogP contribution >= 0.6 is 0 Å². The zero-order valence-electron chi connectivity index (χ0n) is 38.6. The van der Waals surface area contributed by atoms with Crippen LogP contribution in [0, 0.1) is 0 Å². The first kappa shape index (κ1) is 37.4. The van der Waals surface area contributed by atoms with Crippen LogP contribution < -0.4 is 0 Å². The third-order valence-corrected chi connectivity index (χ3v) is 15.5. The number of rotatable bonds is 2. The molecule has 3 nitrogen and oxygen atoms in total. The summed E-state index contributed by atoms with van der Waals surface area (Å²) in [5.74, 6) is 0. The zero-order valence-corrected chi connectivity index (χ0v) is 38.6. The van der Waals surface area contributed by atoms with Gasteiger partial charge in [0.15, 0.2) is 0 Å². The summed E-state index contributed by atoms with van der Waals surface area (Å²) in [4.78, 5) is 0. The van der Waals surface area contributed by atoms with Gasteiger partial charge in [-0.3, -0.25) is 0 Å². The number of para-hydroxylation sites is 2. The summed E-state index contributed by atoms with van der Waals surface area (Å²) in [6.07, 6.45) is 0. The van der Waals surface area contributed by atoms with Crippen molar-refractivity contribution in [2.45, 2.75) is 52.4 Å². The van der Waals surface area contributed by atoms with Gasteiger partial charge in [0.2, 0.25) is 0 Å². The molecule has 0 bridgehead atoms. The van der Waals surface area contributed by atoms with Crippen LogP contribution in [0.4, 0.5) is 0 Å². The molecule has 5 aromatic heterocycles. The van der Waals surface area contributed by atoms with Gasteiger partial charge in [-0.05, 0) is 128 Å². The lowest BCUT2D eigenvalue weighted by Crippen LogP contribution is -2.11. The van der Waals surface area contributed by atoms with Crippen LogP contribution in [0.3, 0.4) is 0 Å². The normalized spacial score (nSPS) is 13.2. The van der Waals surface area contributed by atoms with Gasteiger partial charge in [-0.1, -0.05) is 139 Å². The Morgan fingerprint density at radius 1 is 0.313 bits per heavy atom. The Morgan fingerprint density at radius 2 is 0.851 bits per heavy atom. The second-order valence-corrected chi connectivity index (χ2v) is 21.4. The molecule has 0 N–H and O–H groups in total. The Morgan fingerprint density at radius 3 is 1.60 bits per heavy atom. The quantitative estimate of drug-likeness (QED) is 0.164. The Bertz CT molecular complexity index is 4620. The molecule has 0 aliphatic heterocycles. The lowest BCUT2D eigenvalue weighted by atomic mass is 9.84. The van der Waals surface area contributed by atoms with E-state index in [-0.39, 0.29) is 10.8 Å². The second-order valence-electron chi connectivity index (χ2n) is 21.4. The van der Waals surface area contributed by atoms with E-state index < -0.39 is 0 Å². The number of hydrogen-bond acceptors (Lipinski definition) is 0. The molecule has 0 amide bonds. The van der Waals surface area contributed by atoms with Crippen LogP contribution in [0.25, 0.3) is 136 Å². The summed E-state index contributed by atoms with van der Waals surface area (Å²) >= 11 is 0. The molecule has 0 aliphatic rings. The van der Waals surface area contributed by atoms with Crippen LogP contribution in [0.15, 0.2) is 176 Å².